The molecular weight excluding hydrogens is 337 g/mol. The fourth-order valence-electron chi connectivity index (χ4n) is 2.25. The first-order chi connectivity index (χ1) is 11.6. The third-order valence-electron chi connectivity index (χ3n) is 3.41. The fraction of sp³-hybridized carbons (Fsp3) is 0.200. The highest BCUT2D eigenvalue weighted by Gasteiger charge is 2.13. The average molecular weight is 350 g/mol. The number of methoxy groups -OCH3 is 1. The van der Waals surface area contributed by atoms with E-state index in [-0.39, 0.29) is 11.6 Å². The monoisotopic (exact) mass is 349 g/mol. The third-order valence-corrected chi connectivity index (χ3v) is 3.72. The minimum atomic E-state index is -0.523. The van der Waals surface area contributed by atoms with Crippen LogP contribution < -0.4 is 4.74 Å². The molecule has 1 N–H and O–H groups in total. The van der Waals surface area contributed by atoms with Gasteiger partial charge in [0.05, 0.1) is 18.7 Å². The Hall–Kier alpha value is -2.58. The zero-order valence-electron chi connectivity index (χ0n) is 12.6. The highest BCUT2D eigenvalue weighted by atomic mass is 35.5. The molecule has 9 heteroatoms. The van der Waals surface area contributed by atoms with Crippen molar-refractivity contribution in [1.29, 1.82) is 0 Å². The number of hydrogen-bond donors (Lipinski definition) is 1. The van der Waals surface area contributed by atoms with Crippen LogP contribution in [0, 0.1) is 5.82 Å². The van der Waals surface area contributed by atoms with E-state index < -0.39 is 5.82 Å². The summed E-state index contributed by atoms with van der Waals surface area (Å²) in [6, 6.07) is 6.29. The van der Waals surface area contributed by atoms with Crippen molar-refractivity contribution in [2.45, 2.75) is 13.2 Å². The molecule has 0 bridgehead atoms. The second kappa shape index (κ2) is 6.90. The number of aliphatic hydroxyl groups is 1. The van der Waals surface area contributed by atoms with Crippen LogP contribution in [0.25, 0.3) is 11.1 Å². The molecule has 0 saturated carbocycles. The lowest BCUT2D eigenvalue weighted by atomic mass is 10.0. The van der Waals surface area contributed by atoms with E-state index in [9.17, 15) is 9.50 Å². The van der Waals surface area contributed by atoms with Crippen LogP contribution in [-0.4, -0.2) is 37.4 Å². The van der Waals surface area contributed by atoms with E-state index in [1.807, 2.05) is 0 Å². The Morgan fingerprint density at radius 3 is 2.88 bits per heavy atom. The predicted octanol–water partition coefficient (Wildman–Crippen LogP) is 2.08. The number of benzene rings is 1. The van der Waals surface area contributed by atoms with Crippen molar-refractivity contribution in [1.82, 2.24) is 25.2 Å². The Morgan fingerprint density at radius 1 is 1.33 bits per heavy atom. The Morgan fingerprint density at radius 2 is 2.17 bits per heavy atom. The minimum Gasteiger partial charge on any atom is -0.481 e. The molecule has 0 amide bonds. The summed E-state index contributed by atoms with van der Waals surface area (Å²) >= 11 is 5.73. The van der Waals surface area contributed by atoms with Gasteiger partial charge in [0, 0.05) is 11.8 Å². The molecule has 1 aromatic carbocycles. The number of tetrazole rings is 1. The van der Waals surface area contributed by atoms with Crippen LogP contribution in [-0.2, 0) is 13.2 Å². The van der Waals surface area contributed by atoms with Gasteiger partial charge < -0.3 is 9.84 Å². The molecule has 0 aliphatic carbocycles. The molecular formula is C15H13ClFN5O2. The van der Waals surface area contributed by atoms with Gasteiger partial charge >= 0.3 is 0 Å². The normalized spacial score (nSPS) is 10.8. The van der Waals surface area contributed by atoms with Gasteiger partial charge in [0.15, 0.2) is 5.82 Å². The quantitative estimate of drug-likeness (QED) is 0.759. The van der Waals surface area contributed by atoms with Crippen LogP contribution in [0.1, 0.15) is 11.4 Å². The van der Waals surface area contributed by atoms with Crippen LogP contribution in [0.2, 0.25) is 5.02 Å². The van der Waals surface area contributed by atoms with E-state index in [4.69, 9.17) is 16.3 Å². The molecule has 24 heavy (non-hydrogen) atoms. The van der Waals surface area contributed by atoms with Crippen LogP contribution in [0.4, 0.5) is 4.39 Å². The summed E-state index contributed by atoms with van der Waals surface area (Å²) in [4.78, 5) is 4.24. The summed E-state index contributed by atoms with van der Waals surface area (Å²) in [6.45, 7) is 0.0365. The predicted molar refractivity (Wildman–Crippen MR) is 84.0 cm³/mol. The Balaban J connectivity index is 2.00. The Labute approximate surface area is 141 Å². The maximum atomic E-state index is 13.8. The van der Waals surface area contributed by atoms with Crippen molar-refractivity contribution in [2.24, 2.45) is 0 Å². The molecule has 0 unspecified atom stereocenters. The fourth-order valence-corrected chi connectivity index (χ4v) is 2.36. The van der Waals surface area contributed by atoms with Crippen molar-refractivity contribution in [3.05, 3.63) is 52.7 Å². The van der Waals surface area contributed by atoms with E-state index in [2.05, 4.69) is 20.5 Å². The molecule has 3 rings (SSSR count). The van der Waals surface area contributed by atoms with Gasteiger partial charge in [0.2, 0.25) is 5.88 Å². The number of hydrogen-bond acceptors (Lipinski definition) is 6. The topological polar surface area (TPSA) is 86.0 Å². The van der Waals surface area contributed by atoms with E-state index in [0.717, 1.165) is 5.56 Å². The van der Waals surface area contributed by atoms with Crippen molar-refractivity contribution in [3.63, 3.8) is 0 Å². The highest BCUT2D eigenvalue weighted by Crippen LogP contribution is 2.31. The molecule has 3 aromatic rings. The first-order valence-corrected chi connectivity index (χ1v) is 7.34. The number of ether oxygens (including phenoxy) is 1. The smallest absolute Gasteiger partial charge is 0.221 e. The zero-order chi connectivity index (χ0) is 17.1. The molecule has 124 valence electrons. The second-order valence-corrected chi connectivity index (χ2v) is 5.35. The van der Waals surface area contributed by atoms with E-state index in [1.54, 1.807) is 18.3 Å². The number of pyridine rings is 1. The van der Waals surface area contributed by atoms with Crippen molar-refractivity contribution < 1.29 is 14.2 Å². The average Bonchev–Trinajstić information content (AvgIpc) is 3.04. The van der Waals surface area contributed by atoms with Gasteiger partial charge in [-0.15, -0.1) is 5.10 Å². The number of nitrogens with zero attached hydrogens (tertiary/aromatic N) is 5. The van der Waals surface area contributed by atoms with Crippen molar-refractivity contribution in [2.75, 3.05) is 7.11 Å². The first kappa shape index (κ1) is 16.3. The van der Waals surface area contributed by atoms with Gasteiger partial charge in [-0.25, -0.2) is 14.1 Å². The molecule has 2 heterocycles. The molecule has 0 radical (unpaired) electrons. The lowest BCUT2D eigenvalue weighted by Crippen LogP contribution is -2.08. The van der Waals surface area contributed by atoms with Gasteiger partial charge in [0.1, 0.15) is 12.4 Å². The summed E-state index contributed by atoms with van der Waals surface area (Å²) in [5, 5.41) is 20.3. The van der Waals surface area contributed by atoms with Gasteiger partial charge in [-0.3, -0.25) is 0 Å². The zero-order valence-corrected chi connectivity index (χ0v) is 13.4. The van der Waals surface area contributed by atoms with Gasteiger partial charge in [-0.1, -0.05) is 17.7 Å². The molecule has 0 atom stereocenters. The lowest BCUT2D eigenvalue weighted by Gasteiger charge is -2.11. The molecule has 0 saturated heterocycles. The third kappa shape index (κ3) is 3.19. The largest absolute Gasteiger partial charge is 0.481 e. The second-order valence-electron chi connectivity index (χ2n) is 4.94. The Kier molecular flexibility index (Phi) is 4.68. The van der Waals surface area contributed by atoms with Crippen LogP contribution in [0.5, 0.6) is 5.88 Å². The van der Waals surface area contributed by atoms with Gasteiger partial charge in [-0.05, 0) is 39.8 Å². The molecule has 0 spiro atoms. The standard InChI is InChI=1S/C15H13ClFN5O2/c1-24-15-11(10-2-3-12(16)13(17)5-10)4-9(6-18-15)7-22-14(8-23)19-20-21-22/h2-6,23H,7-8H2,1H3. The minimum absolute atomic E-state index is 0.0445. The lowest BCUT2D eigenvalue weighted by molar-refractivity contribution is 0.263. The Bertz CT molecular complexity index is 871. The van der Waals surface area contributed by atoms with E-state index >= 15 is 0 Å². The van der Waals surface area contributed by atoms with Gasteiger partial charge in [-0.2, -0.15) is 0 Å². The SMILES string of the molecule is COc1ncc(Cn2nnnc2CO)cc1-c1ccc(Cl)c(F)c1. The first-order valence-electron chi connectivity index (χ1n) is 6.96. The number of rotatable bonds is 5. The summed E-state index contributed by atoms with van der Waals surface area (Å²) in [6.07, 6.45) is 1.61. The summed E-state index contributed by atoms with van der Waals surface area (Å²) in [5.74, 6) is 0.175. The molecule has 0 aliphatic rings. The van der Waals surface area contributed by atoms with Crippen molar-refractivity contribution >= 4 is 11.6 Å². The number of halogens is 2. The molecule has 7 nitrogen and oxygen atoms in total. The summed E-state index contributed by atoms with van der Waals surface area (Å²) in [5.41, 5.74) is 1.97. The van der Waals surface area contributed by atoms with Crippen LogP contribution in [0.3, 0.4) is 0 Å². The van der Waals surface area contributed by atoms with Crippen LogP contribution in [0.15, 0.2) is 30.5 Å². The maximum Gasteiger partial charge on any atom is 0.221 e. The summed E-state index contributed by atoms with van der Waals surface area (Å²) in [7, 11) is 1.49. The molecule has 2 aromatic heterocycles. The number of aromatic nitrogens is 5. The summed E-state index contributed by atoms with van der Waals surface area (Å²) < 4.78 is 20.5. The highest BCUT2D eigenvalue weighted by molar-refractivity contribution is 6.30. The van der Waals surface area contributed by atoms with Crippen molar-refractivity contribution in [3.8, 4) is 17.0 Å². The maximum absolute atomic E-state index is 13.8. The molecule has 0 fully saturated rings. The van der Waals surface area contributed by atoms with Crippen LogP contribution >= 0.6 is 11.6 Å². The molecule has 0 aliphatic heterocycles. The number of aliphatic hydroxyl groups excluding tert-OH is 1. The van der Waals surface area contributed by atoms with E-state index in [0.29, 0.717) is 29.4 Å². The van der Waals surface area contributed by atoms with Gasteiger partial charge in [0.25, 0.3) is 0 Å². The van der Waals surface area contributed by atoms with E-state index in [1.165, 1.54) is 23.9 Å².